The molecular weight excluding hydrogens is 446 g/mol. The molecule has 5 aromatic rings. The minimum Gasteiger partial charge on any atom is -0.462 e. The molecule has 1 aliphatic rings. The number of hydrogen-bond acceptors (Lipinski definition) is 7. The van der Waals surface area contributed by atoms with Crippen molar-refractivity contribution in [2.24, 2.45) is 0 Å². The molecule has 0 bridgehead atoms. The Hall–Kier alpha value is -4.11. The van der Waals surface area contributed by atoms with Crippen molar-refractivity contribution in [1.82, 2.24) is 24.1 Å². The number of carbonyl (C=O) groups excluding carboxylic acids is 1. The van der Waals surface area contributed by atoms with Gasteiger partial charge >= 0.3 is 5.97 Å². The van der Waals surface area contributed by atoms with E-state index in [0.717, 1.165) is 12.8 Å². The van der Waals surface area contributed by atoms with Crippen LogP contribution in [0.2, 0.25) is 0 Å². The maximum atomic E-state index is 13.7. The van der Waals surface area contributed by atoms with E-state index in [9.17, 15) is 9.59 Å². The van der Waals surface area contributed by atoms with E-state index in [0.29, 0.717) is 64.2 Å². The monoisotopic (exact) mass is 469 g/mol. The Balaban J connectivity index is 1.59. The summed E-state index contributed by atoms with van der Waals surface area (Å²) in [4.78, 5) is 40.1. The summed E-state index contributed by atoms with van der Waals surface area (Å²) in [7, 11) is 0. The van der Waals surface area contributed by atoms with Crippen LogP contribution in [0.4, 0.5) is 0 Å². The molecule has 4 heterocycles. The van der Waals surface area contributed by atoms with Crippen molar-refractivity contribution in [1.29, 1.82) is 0 Å². The molecule has 0 amide bonds. The van der Waals surface area contributed by atoms with Gasteiger partial charge in [-0.3, -0.25) is 13.9 Å². The lowest BCUT2D eigenvalue weighted by Gasteiger charge is -2.11. The van der Waals surface area contributed by atoms with Gasteiger partial charge in [0.1, 0.15) is 17.2 Å². The van der Waals surface area contributed by atoms with Gasteiger partial charge in [-0.15, -0.1) is 0 Å². The predicted molar refractivity (Wildman–Crippen MR) is 131 cm³/mol. The molecule has 35 heavy (non-hydrogen) atoms. The number of aromatic nitrogens is 5. The van der Waals surface area contributed by atoms with Crippen LogP contribution >= 0.6 is 0 Å². The summed E-state index contributed by atoms with van der Waals surface area (Å²) < 4.78 is 14.2. The molecule has 0 saturated carbocycles. The molecule has 0 N–H and O–H groups in total. The molecule has 0 unspecified atom stereocenters. The van der Waals surface area contributed by atoms with Crippen molar-refractivity contribution >= 4 is 39.2 Å². The SMILES string of the molecule is CCOC(=O)c1ccc(-n2c3nc4ccccc4nc3c3c(=O)n(C[C@@H]4CCCO4)cnc32)cc1. The van der Waals surface area contributed by atoms with Crippen LogP contribution in [0.5, 0.6) is 0 Å². The van der Waals surface area contributed by atoms with E-state index < -0.39 is 0 Å². The lowest BCUT2D eigenvalue weighted by Crippen LogP contribution is -2.26. The van der Waals surface area contributed by atoms with E-state index in [2.05, 4.69) is 4.98 Å². The van der Waals surface area contributed by atoms with Gasteiger partial charge in [-0.1, -0.05) is 12.1 Å². The fraction of sp³-hybridized carbons (Fsp3) is 0.269. The van der Waals surface area contributed by atoms with Crippen molar-refractivity contribution in [2.45, 2.75) is 32.4 Å². The Bertz CT molecular complexity index is 1630. The summed E-state index contributed by atoms with van der Waals surface area (Å²) in [5.74, 6) is -0.387. The fourth-order valence-corrected chi connectivity index (χ4v) is 4.62. The summed E-state index contributed by atoms with van der Waals surface area (Å²) in [6.07, 6.45) is 3.48. The summed E-state index contributed by atoms with van der Waals surface area (Å²) in [6.45, 7) is 3.24. The molecule has 1 fully saturated rings. The lowest BCUT2D eigenvalue weighted by atomic mass is 10.2. The highest BCUT2D eigenvalue weighted by atomic mass is 16.5. The van der Waals surface area contributed by atoms with E-state index in [1.165, 1.54) is 0 Å². The second kappa shape index (κ2) is 8.59. The molecule has 0 radical (unpaired) electrons. The Kier molecular flexibility index (Phi) is 5.26. The number of carbonyl (C=O) groups is 1. The maximum absolute atomic E-state index is 13.7. The third kappa shape index (κ3) is 3.64. The van der Waals surface area contributed by atoms with Crippen molar-refractivity contribution in [3.63, 3.8) is 0 Å². The first-order valence-electron chi connectivity index (χ1n) is 11.7. The summed E-state index contributed by atoms with van der Waals surface area (Å²) >= 11 is 0. The van der Waals surface area contributed by atoms with Crippen molar-refractivity contribution in [2.75, 3.05) is 13.2 Å². The van der Waals surface area contributed by atoms with Gasteiger partial charge in [0.25, 0.3) is 5.56 Å². The zero-order valence-electron chi connectivity index (χ0n) is 19.2. The van der Waals surface area contributed by atoms with Crippen LogP contribution in [0.1, 0.15) is 30.1 Å². The van der Waals surface area contributed by atoms with Gasteiger partial charge in [0, 0.05) is 12.3 Å². The van der Waals surface area contributed by atoms with E-state index in [1.807, 2.05) is 28.8 Å². The Morgan fingerprint density at radius 2 is 1.86 bits per heavy atom. The highest BCUT2D eigenvalue weighted by Gasteiger charge is 2.23. The molecule has 1 saturated heterocycles. The molecule has 3 aromatic heterocycles. The first kappa shape index (κ1) is 21.4. The molecule has 176 valence electrons. The third-order valence-electron chi connectivity index (χ3n) is 6.29. The minimum absolute atomic E-state index is 0.00244. The normalized spacial score (nSPS) is 15.9. The number of para-hydroxylation sites is 2. The Labute approximate surface area is 200 Å². The van der Waals surface area contributed by atoms with E-state index in [4.69, 9.17) is 19.4 Å². The number of esters is 1. The van der Waals surface area contributed by atoms with Crippen LogP contribution in [-0.2, 0) is 16.0 Å². The van der Waals surface area contributed by atoms with E-state index >= 15 is 0 Å². The molecule has 1 atom stereocenters. The van der Waals surface area contributed by atoms with Crippen LogP contribution in [0, 0.1) is 0 Å². The van der Waals surface area contributed by atoms with Crippen LogP contribution in [-0.4, -0.2) is 49.4 Å². The lowest BCUT2D eigenvalue weighted by molar-refractivity contribution is 0.0526. The van der Waals surface area contributed by atoms with E-state index in [1.54, 1.807) is 42.1 Å². The number of benzene rings is 2. The zero-order valence-corrected chi connectivity index (χ0v) is 19.2. The maximum Gasteiger partial charge on any atom is 0.338 e. The van der Waals surface area contributed by atoms with Gasteiger partial charge in [-0.05, 0) is 56.2 Å². The third-order valence-corrected chi connectivity index (χ3v) is 6.29. The average Bonchev–Trinajstić information content (AvgIpc) is 3.50. The largest absolute Gasteiger partial charge is 0.462 e. The minimum atomic E-state index is -0.387. The molecule has 9 nitrogen and oxygen atoms in total. The van der Waals surface area contributed by atoms with Crippen LogP contribution in [0.25, 0.3) is 38.9 Å². The van der Waals surface area contributed by atoms with Gasteiger partial charge in [0.15, 0.2) is 11.3 Å². The molecule has 6 rings (SSSR count). The molecule has 1 aliphatic heterocycles. The molecule has 9 heteroatoms. The highest BCUT2D eigenvalue weighted by molar-refractivity contribution is 6.05. The molecule has 2 aromatic carbocycles. The second-order valence-electron chi connectivity index (χ2n) is 8.52. The fourth-order valence-electron chi connectivity index (χ4n) is 4.62. The number of nitrogens with zero attached hydrogens (tertiary/aromatic N) is 5. The average molecular weight is 470 g/mol. The van der Waals surface area contributed by atoms with Crippen LogP contribution in [0.15, 0.2) is 59.7 Å². The summed E-state index contributed by atoms with van der Waals surface area (Å²) in [6, 6.07) is 14.5. The predicted octanol–water partition coefficient (Wildman–Crippen LogP) is 3.64. The van der Waals surface area contributed by atoms with Gasteiger partial charge in [-0.2, -0.15) is 0 Å². The topological polar surface area (TPSA) is 101 Å². The van der Waals surface area contributed by atoms with Crippen molar-refractivity contribution in [3.8, 4) is 5.69 Å². The number of fused-ring (bicyclic) bond motifs is 4. The van der Waals surface area contributed by atoms with Gasteiger partial charge in [-0.25, -0.2) is 19.7 Å². The molecular formula is C26H23N5O4. The quantitative estimate of drug-likeness (QED) is 0.362. The van der Waals surface area contributed by atoms with Gasteiger partial charge < -0.3 is 9.47 Å². The summed E-state index contributed by atoms with van der Waals surface area (Å²) in [5, 5.41) is 0.410. The first-order valence-corrected chi connectivity index (χ1v) is 11.7. The Morgan fingerprint density at radius 3 is 2.57 bits per heavy atom. The highest BCUT2D eigenvalue weighted by Crippen LogP contribution is 2.28. The molecule has 0 aliphatic carbocycles. The smallest absolute Gasteiger partial charge is 0.338 e. The van der Waals surface area contributed by atoms with Gasteiger partial charge in [0.2, 0.25) is 0 Å². The standard InChI is InChI=1S/C26H23N5O4/c1-2-34-26(33)16-9-11-17(12-10-16)31-23-21(22-24(31)29-20-8-4-3-7-19(20)28-22)25(32)30(15-27-23)14-18-6-5-13-35-18/h3-4,7-12,15,18H,2,5-6,13-14H2,1H3/t18-/m0/s1. The zero-order chi connectivity index (χ0) is 23.9. The van der Waals surface area contributed by atoms with Crippen LogP contribution in [0.3, 0.4) is 0 Å². The Morgan fingerprint density at radius 1 is 1.09 bits per heavy atom. The second-order valence-corrected chi connectivity index (χ2v) is 8.52. The number of hydrogen-bond donors (Lipinski definition) is 0. The van der Waals surface area contributed by atoms with Crippen molar-refractivity contribution in [3.05, 3.63) is 70.8 Å². The summed E-state index contributed by atoms with van der Waals surface area (Å²) in [5.41, 5.74) is 3.88. The van der Waals surface area contributed by atoms with E-state index in [-0.39, 0.29) is 17.6 Å². The van der Waals surface area contributed by atoms with Crippen LogP contribution < -0.4 is 5.56 Å². The first-order chi connectivity index (χ1) is 17.1. The number of ether oxygens (including phenoxy) is 2. The van der Waals surface area contributed by atoms with Gasteiger partial charge in [0.05, 0.1) is 35.9 Å². The number of rotatable bonds is 5. The van der Waals surface area contributed by atoms with Crippen molar-refractivity contribution < 1.29 is 14.3 Å². The molecule has 0 spiro atoms.